The summed E-state index contributed by atoms with van der Waals surface area (Å²) >= 11 is 0. The van der Waals surface area contributed by atoms with E-state index in [-0.39, 0.29) is 5.54 Å². The summed E-state index contributed by atoms with van der Waals surface area (Å²) in [5, 5.41) is 0. The molecule has 16 heavy (non-hydrogen) atoms. The topological polar surface area (TPSA) is 44.5 Å². The van der Waals surface area contributed by atoms with E-state index >= 15 is 0 Å². The molecule has 1 fully saturated rings. The van der Waals surface area contributed by atoms with Crippen molar-refractivity contribution in [3.63, 3.8) is 0 Å². The molecule has 0 unspecified atom stereocenters. The molecular weight excluding hydrogens is 202 g/mol. The highest BCUT2D eigenvalue weighted by atomic mass is 16.5. The van der Waals surface area contributed by atoms with Crippen molar-refractivity contribution in [3.05, 3.63) is 23.3 Å². The summed E-state index contributed by atoms with van der Waals surface area (Å²) in [6.07, 6.45) is 3.08. The van der Waals surface area contributed by atoms with Gasteiger partial charge >= 0.3 is 0 Å². The standard InChI is InChI=1S/C13H19NO2/c1-9-6-10(8-13(14)4-5-13)12(16-3)11(7-9)15-2/h6-7H,4-5,8,14H2,1-3H3. The largest absolute Gasteiger partial charge is 0.493 e. The zero-order chi connectivity index (χ0) is 11.8. The Kier molecular flexibility index (Phi) is 2.80. The predicted octanol–water partition coefficient (Wildman–Crippen LogP) is 2.05. The molecule has 3 heteroatoms. The van der Waals surface area contributed by atoms with Gasteiger partial charge in [0.05, 0.1) is 14.2 Å². The summed E-state index contributed by atoms with van der Waals surface area (Å²) < 4.78 is 10.7. The van der Waals surface area contributed by atoms with Gasteiger partial charge in [-0.05, 0) is 37.8 Å². The lowest BCUT2D eigenvalue weighted by Gasteiger charge is -2.16. The molecule has 1 aromatic carbocycles. The molecule has 2 N–H and O–H groups in total. The Labute approximate surface area is 96.5 Å². The molecule has 0 spiro atoms. The molecule has 0 saturated heterocycles. The maximum absolute atomic E-state index is 6.15. The first-order valence-electron chi connectivity index (χ1n) is 5.58. The number of aryl methyl sites for hydroxylation is 1. The molecule has 0 radical (unpaired) electrons. The number of benzene rings is 1. The molecule has 1 aliphatic carbocycles. The molecule has 3 nitrogen and oxygen atoms in total. The minimum absolute atomic E-state index is 0.00785. The van der Waals surface area contributed by atoms with Crippen molar-refractivity contribution < 1.29 is 9.47 Å². The van der Waals surface area contributed by atoms with Crippen LogP contribution in [0.4, 0.5) is 0 Å². The average Bonchev–Trinajstić information content (AvgIpc) is 2.95. The van der Waals surface area contributed by atoms with Crippen LogP contribution in [-0.4, -0.2) is 19.8 Å². The Bertz CT molecular complexity index is 397. The van der Waals surface area contributed by atoms with E-state index in [2.05, 4.69) is 13.0 Å². The highest BCUT2D eigenvalue weighted by Gasteiger charge is 2.39. The Morgan fingerprint density at radius 2 is 1.94 bits per heavy atom. The second-order valence-electron chi connectivity index (χ2n) is 4.70. The quantitative estimate of drug-likeness (QED) is 0.846. The zero-order valence-electron chi connectivity index (χ0n) is 10.2. The van der Waals surface area contributed by atoms with E-state index in [1.165, 1.54) is 5.56 Å². The SMILES string of the molecule is COc1cc(C)cc(CC2(N)CC2)c1OC. The van der Waals surface area contributed by atoms with Crippen LogP contribution in [0.2, 0.25) is 0 Å². The molecule has 0 amide bonds. The van der Waals surface area contributed by atoms with Crippen LogP contribution >= 0.6 is 0 Å². The van der Waals surface area contributed by atoms with Crippen LogP contribution in [0.15, 0.2) is 12.1 Å². The highest BCUT2D eigenvalue weighted by molar-refractivity contribution is 5.50. The molecule has 0 aromatic heterocycles. The fourth-order valence-electron chi connectivity index (χ4n) is 2.04. The summed E-state index contributed by atoms with van der Waals surface area (Å²) in [5.41, 5.74) is 8.47. The molecule has 0 heterocycles. The first-order valence-corrected chi connectivity index (χ1v) is 5.58. The molecule has 2 rings (SSSR count). The van der Waals surface area contributed by atoms with Crippen molar-refractivity contribution in [1.82, 2.24) is 0 Å². The highest BCUT2D eigenvalue weighted by Crippen LogP contribution is 2.41. The second-order valence-corrected chi connectivity index (χ2v) is 4.70. The number of nitrogens with two attached hydrogens (primary N) is 1. The fraction of sp³-hybridized carbons (Fsp3) is 0.538. The molecule has 0 atom stereocenters. The zero-order valence-corrected chi connectivity index (χ0v) is 10.2. The molecule has 88 valence electrons. The van der Waals surface area contributed by atoms with E-state index < -0.39 is 0 Å². The van der Waals surface area contributed by atoms with E-state index in [4.69, 9.17) is 15.2 Å². The van der Waals surface area contributed by atoms with E-state index in [9.17, 15) is 0 Å². The normalized spacial score (nSPS) is 17.0. The van der Waals surface area contributed by atoms with Crippen molar-refractivity contribution in [3.8, 4) is 11.5 Å². The van der Waals surface area contributed by atoms with Crippen molar-refractivity contribution in [2.75, 3.05) is 14.2 Å². The van der Waals surface area contributed by atoms with Crippen LogP contribution in [0.25, 0.3) is 0 Å². The third-order valence-electron chi connectivity index (χ3n) is 3.13. The number of rotatable bonds is 4. The van der Waals surface area contributed by atoms with Gasteiger partial charge in [0.25, 0.3) is 0 Å². The number of ether oxygens (including phenoxy) is 2. The molecule has 1 aliphatic rings. The predicted molar refractivity (Wildman–Crippen MR) is 64.1 cm³/mol. The van der Waals surface area contributed by atoms with Crippen molar-refractivity contribution >= 4 is 0 Å². The van der Waals surface area contributed by atoms with Gasteiger partial charge in [-0.15, -0.1) is 0 Å². The van der Waals surface area contributed by atoms with Crippen LogP contribution < -0.4 is 15.2 Å². The smallest absolute Gasteiger partial charge is 0.163 e. The van der Waals surface area contributed by atoms with Crippen LogP contribution in [0.3, 0.4) is 0 Å². The van der Waals surface area contributed by atoms with Crippen LogP contribution in [0, 0.1) is 6.92 Å². The lowest BCUT2D eigenvalue weighted by Crippen LogP contribution is -2.24. The van der Waals surface area contributed by atoms with Crippen LogP contribution in [0.1, 0.15) is 24.0 Å². The lowest BCUT2D eigenvalue weighted by molar-refractivity contribution is 0.350. The van der Waals surface area contributed by atoms with Gasteiger partial charge in [-0.3, -0.25) is 0 Å². The first-order chi connectivity index (χ1) is 7.58. The van der Waals surface area contributed by atoms with Gasteiger partial charge in [-0.1, -0.05) is 6.07 Å². The second kappa shape index (κ2) is 3.98. The summed E-state index contributed by atoms with van der Waals surface area (Å²) in [6, 6.07) is 4.12. The Morgan fingerprint density at radius 3 is 2.44 bits per heavy atom. The third kappa shape index (κ3) is 2.14. The molecule has 0 aliphatic heterocycles. The van der Waals surface area contributed by atoms with Gasteiger partial charge in [-0.2, -0.15) is 0 Å². The Morgan fingerprint density at radius 1 is 1.25 bits per heavy atom. The number of hydrogen-bond acceptors (Lipinski definition) is 3. The van der Waals surface area contributed by atoms with Crippen LogP contribution in [-0.2, 0) is 6.42 Å². The number of methoxy groups -OCH3 is 2. The van der Waals surface area contributed by atoms with Gasteiger partial charge in [0.2, 0.25) is 0 Å². The van der Waals surface area contributed by atoms with Crippen molar-refractivity contribution in [2.45, 2.75) is 31.7 Å². The summed E-state index contributed by atoms with van der Waals surface area (Å²) in [7, 11) is 3.34. The molecular formula is C13H19NO2. The number of hydrogen-bond donors (Lipinski definition) is 1. The Balaban J connectivity index is 2.37. The van der Waals surface area contributed by atoms with Gasteiger partial charge in [0, 0.05) is 11.1 Å². The van der Waals surface area contributed by atoms with Crippen molar-refractivity contribution in [2.24, 2.45) is 5.73 Å². The maximum Gasteiger partial charge on any atom is 0.163 e. The minimum atomic E-state index is -0.00785. The van der Waals surface area contributed by atoms with E-state index in [0.29, 0.717) is 0 Å². The molecule has 1 saturated carbocycles. The van der Waals surface area contributed by atoms with E-state index in [1.807, 2.05) is 6.07 Å². The third-order valence-corrected chi connectivity index (χ3v) is 3.13. The minimum Gasteiger partial charge on any atom is -0.493 e. The Hall–Kier alpha value is -1.22. The summed E-state index contributed by atoms with van der Waals surface area (Å²) in [4.78, 5) is 0. The summed E-state index contributed by atoms with van der Waals surface area (Å²) in [5.74, 6) is 1.62. The van der Waals surface area contributed by atoms with Gasteiger partial charge in [0.1, 0.15) is 0 Å². The van der Waals surface area contributed by atoms with Gasteiger partial charge in [0.15, 0.2) is 11.5 Å². The monoisotopic (exact) mass is 221 g/mol. The fourth-order valence-corrected chi connectivity index (χ4v) is 2.04. The van der Waals surface area contributed by atoms with Gasteiger partial charge in [-0.25, -0.2) is 0 Å². The van der Waals surface area contributed by atoms with Crippen molar-refractivity contribution in [1.29, 1.82) is 0 Å². The van der Waals surface area contributed by atoms with Gasteiger partial charge < -0.3 is 15.2 Å². The summed E-state index contributed by atoms with van der Waals surface area (Å²) in [6.45, 7) is 2.06. The molecule has 0 bridgehead atoms. The molecule has 1 aromatic rings. The van der Waals surface area contributed by atoms with E-state index in [1.54, 1.807) is 14.2 Å². The lowest BCUT2D eigenvalue weighted by atomic mass is 10.0. The van der Waals surface area contributed by atoms with Crippen LogP contribution in [0.5, 0.6) is 11.5 Å². The first kappa shape index (κ1) is 11.3. The maximum atomic E-state index is 6.15. The average molecular weight is 221 g/mol. The van der Waals surface area contributed by atoms with E-state index in [0.717, 1.165) is 36.3 Å².